The number of aliphatic carboxylic acids is 1. The van der Waals surface area contributed by atoms with Gasteiger partial charge in [-0.1, -0.05) is 46.3 Å². The first-order valence-electron chi connectivity index (χ1n) is 8.34. The summed E-state index contributed by atoms with van der Waals surface area (Å²) in [5.74, 6) is -1.34. The minimum absolute atomic E-state index is 0.0730. The highest BCUT2D eigenvalue weighted by atomic mass is 79.9. The second kappa shape index (κ2) is 7.83. The molecule has 1 aliphatic heterocycles. The number of carboxylic acid groups (broad SMARTS) is 1. The Bertz CT molecular complexity index is 843. The molecule has 2 aromatic carbocycles. The summed E-state index contributed by atoms with van der Waals surface area (Å²) in [4.78, 5) is 36.9. The molecule has 6 heteroatoms. The molecule has 0 atom stereocenters. The molecule has 0 bridgehead atoms. The van der Waals surface area contributed by atoms with Crippen LogP contribution < -0.4 is 0 Å². The maximum atomic E-state index is 12.4. The van der Waals surface area contributed by atoms with Crippen LogP contribution in [0.25, 0.3) is 0 Å². The molecule has 0 saturated heterocycles. The number of carbonyl (C=O) groups is 3. The minimum Gasteiger partial charge on any atom is -0.481 e. The number of carboxylic acids is 1. The third kappa shape index (κ3) is 3.85. The van der Waals surface area contributed by atoms with E-state index in [0.29, 0.717) is 35.8 Å². The maximum Gasteiger partial charge on any atom is 0.303 e. The fraction of sp³-hybridized carbons (Fsp3) is 0.250. The number of alkyl halides is 1. The van der Waals surface area contributed by atoms with Crippen molar-refractivity contribution in [2.45, 2.75) is 24.6 Å². The Morgan fingerprint density at radius 3 is 2.00 bits per heavy atom. The highest BCUT2D eigenvalue weighted by Gasteiger charge is 2.34. The zero-order chi connectivity index (χ0) is 18.7. The Morgan fingerprint density at radius 2 is 1.46 bits per heavy atom. The number of hydrogen-bond donors (Lipinski definition) is 1. The van der Waals surface area contributed by atoms with Gasteiger partial charge in [0, 0.05) is 18.3 Å². The number of halogens is 1. The first kappa shape index (κ1) is 18.3. The lowest BCUT2D eigenvalue weighted by atomic mass is 10.0. The van der Waals surface area contributed by atoms with Gasteiger partial charge in [0.15, 0.2) is 0 Å². The normalized spacial score (nSPS) is 13.2. The average molecular weight is 416 g/mol. The number of aryl methyl sites for hydroxylation is 1. The number of hydrogen-bond acceptors (Lipinski definition) is 3. The molecule has 0 radical (unpaired) electrons. The third-order valence-corrected chi connectivity index (χ3v) is 5.04. The van der Waals surface area contributed by atoms with Crippen LogP contribution in [0.3, 0.4) is 0 Å². The Morgan fingerprint density at radius 1 is 0.923 bits per heavy atom. The molecule has 134 valence electrons. The number of amides is 2. The smallest absolute Gasteiger partial charge is 0.303 e. The van der Waals surface area contributed by atoms with E-state index in [1.165, 1.54) is 4.90 Å². The van der Waals surface area contributed by atoms with Crippen LogP contribution in [0.15, 0.2) is 42.5 Å². The van der Waals surface area contributed by atoms with Crippen LogP contribution in [0.2, 0.25) is 0 Å². The van der Waals surface area contributed by atoms with Crippen molar-refractivity contribution in [3.63, 3.8) is 0 Å². The predicted molar refractivity (Wildman–Crippen MR) is 101 cm³/mol. The maximum absolute atomic E-state index is 12.4. The van der Waals surface area contributed by atoms with Gasteiger partial charge in [-0.05, 0) is 41.7 Å². The third-order valence-electron chi connectivity index (χ3n) is 4.40. The predicted octanol–water partition coefficient (Wildman–Crippen LogP) is 3.44. The Hall–Kier alpha value is -2.47. The fourth-order valence-corrected chi connectivity index (χ4v) is 3.46. The van der Waals surface area contributed by atoms with E-state index in [1.54, 1.807) is 24.3 Å². The van der Waals surface area contributed by atoms with Gasteiger partial charge in [-0.25, -0.2) is 0 Å². The molecule has 5 nitrogen and oxygen atoms in total. The molecule has 1 N–H and O–H groups in total. The molecular formula is C20H18BrNO4. The number of rotatable bonds is 7. The van der Waals surface area contributed by atoms with Gasteiger partial charge in [-0.3, -0.25) is 19.3 Å². The van der Waals surface area contributed by atoms with Crippen LogP contribution in [-0.4, -0.2) is 34.3 Å². The van der Waals surface area contributed by atoms with Crippen molar-refractivity contribution in [3.8, 4) is 0 Å². The van der Waals surface area contributed by atoms with Crippen LogP contribution in [-0.2, 0) is 23.0 Å². The Balaban J connectivity index is 1.73. The van der Waals surface area contributed by atoms with E-state index in [0.717, 1.165) is 16.7 Å². The zero-order valence-electron chi connectivity index (χ0n) is 14.1. The van der Waals surface area contributed by atoms with Crippen molar-refractivity contribution in [3.05, 3.63) is 70.3 Å². The molecule has 1 aliphatic rings. The summed E-state index contributed by atoms with van der Waals surface area (Å²) in [6, 6.07) is 12.8. The van der Waals surface area contributed by atoms with Crippen molar-refractivity contribution in [2.24, 2.45) is 0 Å². The lowest BCUT2D eigenvalue weighted by Crippen LogP contribution is -2.31. The number of imide groups is 1. The van der Waals surface area contributed by atoms with Gasteiger partial charge in [0.2, 0.25) is 0 Å². The average Bonchev–Trinajstić information content (AvgIpc) is 2.89. The number of nitrogens with zero attached hydrogens (tertiary/aromatic N) is 1. The summed E-state index contributed by atoms with van der Waals surface area (Å²) in [6.45, 7) is 0.302. The van der Waals surface area contributed by atoms with Crippen molar-refractivity contribution in [2.75, 3.05) is 6.54 Å². The van der Waals surface area contributed by atoms with Crippen molar-refractivity contribution in [1.29, 1.82) is 0 Å². The van der Waals surface area contributed by atoms with Crippen molar-refractivity contribution >= 4 is 33.7 Å². The lowest BCUT2D eigenvalue weighted by molar-refractivity contribution is -0.136. The van der Waals surface area contributed by atoms with Crippen LogP contribution in [0.5, 0.6) is 0 Å². The summed E-state index contributed by atoms with van der Waals surface area (Å²) < 4.78 is 0. The number of carbonyl (C=O) groups excluding carboxylic acids is 2. The molecule has 0 aromatic heterocycles. The monoisotopic (exact) mass is 415 g/mol. The Kier molecular flexibility index (Phi) is 5.52. The molecule has 2 aromatic rings. The quantitative estimate of drug-likeness (QED) is 0.555. The van der Waals surface area contributed by atoms with E-state index in [2.05, 4.69) is 15.9 Å². The summed E-state index contributed by atoms with van der Waals surface area (Å²) in [5.41, 5.74) is 3.88. The van der Waals surface area contributed by atoms with Crippen LogP contribution in [0, 0.1) is 0 Å². The van der Waals surface area contributed by atoms with Crippen molar-refractivity contribution < 1.29 is 19.5 Å². The molecule has 0 fully saturated rings. The summed E-state index contributed by atoms with van der Waals surface area (Å²) in [5, 5.41) is 9.53. The van der Waals surface area contributed by atoms with Crippen molar-refractivity contribution in [1.82, 2.24) is 4.90 Å². The Labute approximate surface area is 159 Å². The SMILES string of the molecule is O=C(O)CCc1cc(CBr)cc(CCN2C(=O)c3ccccc3C2=O)c1. The van der Waals surface area contributed by atoms with Gasteiger partial charge in [-0.2, -0.15) is 0 Å². The second-order valence-electron chi connectivity index (χ2n) is 6.24. The van der Waals surface area contributed by atoms with E-state index in [1.807, 2.05) is 18.2 Å². The van der Waals surface area contributed by atoms with Crippen LogP contribution in [0.1, 0.15) is 43.8 Å². The minimum atomic E-state index is -0.832. The van der Waals surface area contributed by atoms with Gasteiger partial charge in [0.25, 0.3) is 11.8 Å². The van der Waals surface area contributed by atoms with E-state index in [-0.39, 0.29) is 18.2 Å². The van der Waals surface area contributed by atoms with Crippen LogP contribution >= 0.6 is 15.9 Å². The number of benzene rings is 2. The van der Waals surface area contributed by atoms with Gasteiger partial charge in [0.1, 0.15) is 0 Å². The topological polar surface area (TPSA) is 74.7 Å². The van der Waals surface area contributed by atoms with Gasteiger partial charge in [-0.15, -0.1) is 0 Å². The summed E-state index contributed by atoms with van der Waals surface area (Å²) in [6.07, 6.45) is 1.06. The summed E-state index contributed by atoms with van der Waals surface area (Å²) >= 11 is 3.43. The largest absolute Gasteiger partial charge is 0.481 e. The molecule has 26 heavy (non-hydrogen) atoms. The summed E-state index contributed by atoms with van der Waals surface area (Å²) in [7, 11) is 0. The molecule has 0 aliphatic carbocycles. The molecule has 1 heterocycles. The molecular weight excluding hydrogens is 398 g/mol. The highest BCUT2D eigenvalue weighted by Crippen LogP contribution is 2.23. The van der Waals surface area contributed by atoms with Gasteiger partial charge in [0.05, 0.1) is 11.1 Å². The molecule has 0 spiro atoms. The van der Waals surface area contributed by atoms with Crippen LogP contribution in [0.4, 0.5) is 0 Å². The molecule has 0 unspecified atom stereocenters. The second-order valence-corrected chi connectivity index (χ2v) is 6.80. The fourth-order valence-electron chi connectivity index (χ4n) is 3.14. The standard InChI is InChI=1S/C20H18BrNO4/c21-12-15-10-13(5-6-18(23)24)9-14(11-15)7-8-22-19(25)16-3-1-2-4-17(16)20(22)26/h1-4,9-11H,5-8,12H2,(H,23,24). The number of fused-ring (bicyclic) bond motifs is 1. The van der Waals surface area contributed by atoms with Gasteiger partial charge >= 0.3 is 5.97 Å². The van der Waals surface area contributed by atoms with E-state index in [9.17, 15) is 14.4 Å². The first-order chi connectivity index (χ1) is 12.5. The molecule has 3 rings (SSSR count). The highest BCUT2D eigenvalue weighted by molar-refractivity contribution is 9.08. The lowest BCUT2D eigenvalue weighted by Gasteiger charge is -2.15. The molecule has 0 saturated carbocycles. The van der Waals surface area contributed by atoms with E-state index < -0.39 is 5.97 Å². The van der Waals surface area contributed by atoms with E-state index in [4.69, 9.17) is 5.11 Å². The zero-order valence-corrected chi connectivity index (χ0v) is 15.7. The van der Waals surface area contributed by atoms with E-state index >= 15 is 0 Å². The molecule has 2 amide bonds. The first-order valence-corrected chi connectivity index (χ1v) is 9.46. The van der Waals surface area contributed by atoms with Gasteiger partial charge < -0.3 is 5.11 Å².